The van der Waals surface area contributed by atoms with E-state index in [0.717, 1.165) is 82.4 Å². The van der Waals surface area contributed by atoms with Crippen LogP contribution in [0, 0.1) is 5.92 Å². The Morgan fingerprint density at radius 1 is 1.07 bits per heavy atom. The van der Waals surface area contributed by atoms with Crippen molar-refractivity contribution in [1.82, 2.24) is 25.3 Å². The molecule has 1 aliphatic carbocycles. The molecule has 2 heterocycles. The number of likely N-dealkylation sites (N-methyl/N-ethyl adjacent to an activating group) is 2. The minimum atomic E-state index is 0. The van der Waals surface area contributed by atoms with Gasteiger partial charge in [0.05, 0.1) is 0 Å². The summed E-state index contributed by atoms with van der Waals surface area (Å²) in [7, 11) is 6.24. The summed E-state index contributed by atoms with van der Waals surface area (Å²) in [6, 6.07) is 0.923. The number of hydrogen-bond donors (Lipinski definition) is 2. The van der Waals surface area contributed by atoms with Crippen LogP contribution in [0.4, 0.5) is 0 Å². The summed E-state index contributed by atoms with van der Waals surface area (Å²) in [5.74, 6) is 3.70. The van der Waals surface area contributed by atoms with Crippen LogP contribution in [0.15, 0.2) is 4.99 Å². The third-order valence-corrected chi connectivity index (χ3v) is 7.39. The lowest BCUT2D eigenvalue weighted by molar-refractivity contribution is -0.136. The van der Waals surface area contributed by atoms with Gasteiger partial charge in [0.25, 0.3) is 0 Å². The zero-order valence-corrected chi connectivity index (χ0v) is 21.4. The van der Waals surface area contributed by atoms with Gasteiger partial charge in [-0.05, 0) is 39.8 Å². The van der Waals surface area contributed by atoms with Crippen molar-refractivity contribution < 1.29 is 4.79 Å². The van der Waals surface area contributed by atoms with E-state index in [9.17, 15) is 4.79 Å². The molecule has 7 nitrogen and oxygen atoms in total. The van der Waals surface area contributed by atoms with Crippen LogP contribution in [-0.4, -0.2) is 111 Å². The molecule has 0 aromatic carbocycles. The van der Waals surface area contributed by atoms with Gasteiger partial charge in [-0.25, -0.2) is 0 Å². The van der Waals surface area contributed by atoms with Crippen molar-refractivity contribution in [3.05, 3.63) is 0 Å². The molecule has 0 aromatic rings. The fourth-order valence-corrected chi connectivity index (χ4v) is 5.35. The molecule has 3 rings (SSSR count). The number of rotatable bonds is 4. The molecule has 29 heavy (non-hydrogen) atoms. The first-order valence-corrected chi connectivity index (χ1v) is 11.9. The maximum absolute atomic E-state index is 12.7. The standard InChI is InChI=1S/C20H38N6OS.HI/c1-21-20(22-14-18-15-24(2)8-9-25(18)3)23-17-6-4-16(5-7-17)19(27)26-10-12-28-13-11-26;/h16-18H,4-15H2,1-3H3,(H2,21,22,23);1H. The van der Waals surface area contributed by atoms with E-state index in [1.54, 1.807) is 0 Å². The maximum atomic E-state index is 12.7. The lowest BCUT2D eigenvalue weighted by atomic mass is 9.85. The Kier molecular flexibility index (Phi) is 10.8. The van der Waals surface area contributed by atoms with Crippen molar-refractivity contribution >= 4 is 47.6 Å². The van der Waals surface area contributed by atoms with Crippen LogP contribution in [0.25, 0.3) is 0 Å². The highest BCUT2D eigenvalue weighted by atomic mass is 127. The molecular weight excluding hydrogens is 499 g/mol. The number of guanidine groups is 1. The summed E-state index contributed by atoms with van der Waals surface area (Å²) in [6.07, 6.45) is 4.08. The predicted molar refractivity (Wildman–Crippen MR) is 133 cm³/mol. The quantitative estimate of drug-likeness (QED) is 0.318. The van der Waals surface area contributed by atoms with Gasteiger partial charge in [0.1, 0.15) is 0 Å². The molecule has 1 unspecified atom stereocenters. The van der Waals surface area contributed by atoms with Crippen LogP contribution in [-0.2, 0) is 4.79 Å². The van der Waals surface area contributed by atoms with Gasteiger partial charge < -0.3 is 20.4 Å². The van der Waals surface area contributed by atoms with Gasteiger partial charge in [-0.3, -0.25) is 14.7 Å². The summed E-state index contributed by atoms with van der Waals surface area (Å²) in [5.41, 5.74) is 0. The summed E-state index contributed by atoms with van der Waals surface area (Å²) < 4.78 is 0. The second kappa shape index (κ2) is 12.6. The van der Waals surface area contributed by atoms with Gasteiger partial charge >= 0.3 is 0 Å². The molecule has 3 aliphatic rings. The van der Waals surface area contributed by atoms with Crippen molar-refractivity contribution in [3.63, 3.8) is 0 Å². The van der Waals surface area contributed by atoms with Gasteiger partial charge in [0, 0.05) is 75.8 Å². The van der Waals surface area contributed by atoms with Gasteiger partial charge in [0.15, 0.2) is 5.96 Å². The van der Waals surface area contributed by atoms with Crippen molar-refractivity contribution in [2.75, 3.05) is 71.9 Å². The summed E-state index contributed by atoms with van der Waals surface area (Å²) >= 11 is 1.96. The second-order valence-electron chi connectivity index (χ2n) is 8.48. The molecule has 2 saturated heterocycles. The van der Waals surface area contributed by atoms with Gasteiger partial charge in [-0.2, -0.15) is 11.8 Å². The number of carbonyl (C=O) groups is 1. The van der Waals surface area contributed by atoms with Gasteiger partial charge in [0.2, 0.25) is 5.91 Å². The van der Waals surface area contributed by atoms with Crippen LogP contribution >= 0.6 is 35.7 Å². The number of thioether (sulfide) groups is 1. The van der Waals surface area contributed by atoms with Crippen LogP contribution < -0.4 is 10.6 Å². The Balaban J connectivity index is 0.00000300. The van der Waals surface area contributed by atoms with Crippen molar-refractivity contribution in [2.24, 2.45) is 10.9 Å². The van der Waals surface area contributed by atoms with Crippen molar-refractivity contribution in [2.45, 2.75) is 37.8 Å². The van der Waals surface area contributed by atoms with Crippen molar-refractivity contribution in [1.29, 1.82) is 0 Å². The first kappa shape index (κ1) is 25.0. The average Bonchev–Trinajstić information content (AvgIpc) is 2.74. The number of nitrogens with zero attached hydrogens (tertiary/aromatic N) is 4. The van der Waals surface area contributed by atoms with E-state index in [1.807, 2.05) is 18.8 Å². The largest absolute Gasteiger partial charge is 0.355 e. The van der Waals surface area contributed by atoms with E-state index in [0.29, 0.717) is 18.0 Å². The zero-order valence-electron chi connectivity index (χ0n) is 18.2. The molecule has 168 valence electrons. The molecule has 0 bridgehead atoms. The minimum Gasteiger partial charge on any atom is -0.355 e. The summed E-state index contributed by atoms with van der Waals surface area (Å²) in [6.45, 7) is 6.11. The minimum absolute atomic E-state index is 0. The van der Waals surface area contributed by atoms with E-state index in [-0.39, 0.29) is 29.9 Å². The summed E-state index contributed by atoms with van der Waals surface area (Å²) in [4.78, 5) is 24.1. The molecule has 1 saturated carbocycles. The third kappa shape index (κ3) is 7.43. The summed E-state index contributed by atoms with van der Waals surface area (Å²) in [5, 5.41) is 7.10. The number of amides is 1. The van der Waals surface area contributed by atoms with Gasteiger partial charge in [-0.15, -0.1) is 24.0 Å². The first-order valence-electron chi connectivity index (χ1n) is 10.8. The first-order chi connectivity index (χ1) is 13.6. The Morgan fingerprint density at radius 2 is 1.76 bits per heavy atom. The van der Waals surface area contributed by atoms with E-state index >= 15 is 0 Å². The molecule has 3 fully saturated rings. The smallest absolute Gasteiger partial charge is 0.225 e. The van der Waals surface area contributed by atoms with E-state index < -0.39 is 0 Å². The highest BCUT2D eigenvalue weighted by molar-refractivity contribution is 14.0. The number of piperazine rings is 1. The highest BCUT2D eigenvalue weighted by Gasteiger charge is 2.30. The Labute approximate surface area is 197 Å². The lowest BCUT2D eigenvalue weighted by Crippen LogP contribution is -2.56. The molecule has 1 amide bonds. The fourth-order valence-electron chi connectivity index (χ4n) is 4.45. The zero-order chi connectivity index (χ0) is 19.9. The van der Waals surface area contributed by atoms with Crippen LogP contribution in [0.1, 0.15) is 25.7 Å². The molecule has 0 aromatic heterocycles. The van der Waals surface area contributed by atoms with E-state index in [1.165, 1.54) is 0 Å². The molecule has 0 radical (unpaired) electrons. The van der Waals surface area contributed by atoms with Crippen LogP contribution in [0.3, 0.4) is 0 Å². The normalized spacial score (nSPS) is 29.8. The average molecular weight is 539 g/mol. The maximum Gasteiger partial charge on any atom is 0.225 e. The Morgan fingerprint density at radius 3 is 2.41 bits per heavy atom. The number of hydrogen-bond acceptors (Lipinski definition) is 5. The Hall–Kier alpha value is -0.260. The topological polar surface area (TPSA) is 63.2 Å². The second-order valence-corrected chi connectivity index (χ2v) is 9.71. The lowest BCUT2D eigenvalue weighted by Gasteiger charge is -2.38. The Bertz CT molecular complexity index is 537. The van der Waals surface area contributed by atoms with Crippen LogP contribution in [0.2, 0.25) is 0 Å². The van der Waals surface area contributed by atoms with Crippen LogP contribution in [0.5, 0.6) is 0 Å². The monoisotopic (exact) mass is 538 g/mol. The fraction of sp³-hybridized carbons (Fsp3) is 0.900. The third-order valence-electron chi connectivity index (χ3n) is 6.45. The molecule has 2 N–H and O–H groups in total. The van der Waals surface area contributed by atoms with Gasteiger partial charge in [-0.1, -0.05) is 0 Å². The molecule has 1 atom stereocenters. The highest BCUT2D eigenvalue weighted by Crippen LogP contribution is 2.27. The van der Waals surface area contributed by atoms with E-state index in [2.05, 4.69) is 44.4 Å². The predicted octanol–water partition coefficient (Wildman–Crippen LogP) is 1.15. The van der Waals surface area contributed by atoms with E-state index in [4.69, 9.17) is 0 Å². The SMILES string of the molecule is CN=C(NCC1CN(C)CCN1C)NC1CCC(C(=O)N2CCSCC2)CC1.I. The molecular formula is C20H39IN6OS. The number of nitrogens with one attached hydrogen (secondary N) is 2. The number of aliphatic imine (C=N–C) groups is 1. The molecule has 0 spiro atoms. The number of halogens is 1. The number of carbonyl (C=O) groups excluding carboxylic acids is 1. The van der Waals surface area contributed by atoms with Crippen molar-refractivity contribution in [3.8, 4) is 0 Å². The molecule has 9 heteroatoms. The molecule has 2 aliphatic heterocycles.